The molecular formula is C11H24N2. The highest BCUT2D eigenvalue weighted by Crippen LogP contribution is 2.34. The molecule has 1 saturated carbocycles. The Morgan fingerprint density at radius 1 is 1.23 bits per heavy atom. The third-order valence-electron chi connectivity index (χ3n) is 3.02. The van der Waals surface area contributed by atoms with Gasteiger partial charge in [0.25, 0.3) is 0 Å². The van der Waals surface area contributed by atoms with Crippen LogP contribution in [0.25, 0.3) is 0 Å². The molecule has 0 bridgehead atoms. The van der Waals surface area contributed by atoms with Crippen LogP contribution in [0.4, 0.5) is 0 Å². The minimum atomic E-state index is 0.613. The standard InChI is InChI=1S/C11H24N2/c1-2-3-4-5-6-7-11(13-12)10-8-9-10/h10-11,13H,2-9,12H2,1H3. The molecule has 0 spiro atoms. The molecule has 0 amide bonds. The molecule has 1 atom stereocenters. The Kier molecular flexibility index (Phi) is 5.40. The highest BCUT2D eigenvalue weighted by Gasteiger charge is 2.29. The van der Waals surface area contributed by atoms with Crippen LogP contribution < -0.4 is 11.3 Å². The van der Waals surface area contributed by atoms with Crippen molar-refractivity contribution in [3.63, 3.8) is 0 Å². The van der Waals surface area contributed by atoms with Crippen LogP contribution in [0.5, 0.6) is 0 Å². The van der Waals surface area contributed by atoms with E-state index in [9.17, 15) is 0 Å². The maximum atomic E-state index is 5.50. The summed E-state index contributed by atoms with van der Waals surface area (Å²) in [4.78, 5) is 0. The van der Waals surface area contributed by atoms with Gasteiger partial charge in [0, 0.05) is 6.04 Å². The molecule has 0 aromatic rings. The highest BCUT2D eigenvalue weighted by atomic mass is 15.2. The summed E-state index contributed by atoms with van der Waals surface area (Å²) in [7, 11) is 0. The molecule has 0 radical (unpaired) electrons. The van der Waals surface area contributed by atoms with Gasteiger partial charge in [0.2, 0.25) is 0 Å². The number of nitrogens with one attached hydrogen (secondary N) is 1. The molecule has 0 heterocycles. The van der Waals surface area contributed by atoms with E-state index in [1.54, 1.807) is 0 Å². The van der Waals surface area contributed by atoms with Crippen molar-refractivity contribution in [1.82, 2.24) is 5.43 Å². The molecule has 13 heavy (non-hydrogen) atoms. The molecule has 0 aliphatic heterocycles. The quantitative estimate of drug-likeness (QED) is 0.346. The van der Waals surface area contributed by atoms with E-state index in [4.69, 9.17) is 5.84 Å². The lowest BCUT2D eigenvalue weighted by molar-refractivity contribution is 0.423. The lowest BCUT2D eigenvalue weighted by Crippen LogP contribution is -2.36. The van der Waals surface area contributed by atoms with E-state index >= 15 is 0 Å². The summed E-state index contributed by atoms with van der Waals surface area (Å²) in [6.45, 7) is 2.26. The van der Waals surface area contributed by atoms with Gasteiger partial charge < -0.3 is 0 Å². The Hall–Kier alpha value is -0.0800. The summed E-state index contributed by atoms with van der Waals surface area (Å²) in [5.74, 6) is 6.40. The first-order valence-electron chi connectivity index (χ1n) is 5.84. The first-order valence-corrected chi connectivity index (χ1v) is 5.84. The Bertz CT molecular complexity index is 121. The molecule has 78 valence electrons. The third-order valence-corrected chi connectivity index (χ3v) is 3.02. The van der Waals surface area contributed by atoms with Gasteiger partial charge in [-0.3, -0.25) is 11.3 Å². The largest absolute Gasteiger partial charge is 0.271 e. The van der Waals surface area contributed by atoms with Gasteiger partial charge >= 0.3 is 0 Å². The number of hydrogen-bond acceptors (Lipinski definition) is 2. The van der Waals surface area contributed by atoms with E-state index in [-0.39, 0.29) is 0 Å². The van der Waals surface area contributed by atoms with Crippen LogP contribution in [0, 0.1) is 5.92 Å². The van der Waals surface area contributed by atoms with Gasteiger partial charge in [0.1, 0.15) is 0 Å². The molecule has 2 heteroatoms. The maximum Gasteiger partial charge on any atom is 0.0238 e. The molecule has 1 unspecified atom stereocenters. The zero-order valence-corrected chi connectivity index (χ0v) is 8.89. The Labute approximate surface area is 82.2 Å². The fourth-order valence-corrected chi connectivity index (χ4v) is 1.92. The van der Waals surface area contributed by atoms with Crippen molar-refractivity contribution in [3.8, 4) is 0 Å². The smallest absolute Gasteiger partial charge is 0.0238 e. The summed E-state index contributed by atoms with van der Waals surface area (Å²) >= 11 is 0. The maximum absolute atomic E-state index is 5.50. The zero-order chi connectivity index (χ0) is 9.52. The fourth-order valence-electron chi connectivity index (χ4n) is 1.92. The van der Waals surface area contributed by atoms with Crippen molar-refractivity contribution in [2.24, 2.45) is 11.8 Å². The van der Waals surface area contributed by atoms with E-state index in [2.05, 4.69) is 12.3 Å². The van der Waals surface area contributed by atoms with E-state index < -0.39 is 0 Å². The molecule has 1 fully saturated rings. The average Bonchev–Trinajstić information content (AvgIpc) is 2.95. The van der Waals surface area contributed by atoms with Crippen LogP contribution in [0.1, 0.15) is 58.3 Å². The number of unbranched alkanes of at least 4 members (excludes halogenated alkanes) is 4. The van der Waals surface area contributed by atoms with Gasteiger partial charge in [-0.1, -0.05) is 39.0 Å². The van der Waals surface area contributed by atoms with Crippen molar-refractivity contribution in [2.75, 3.05) is 0 Å². The van der Waals surface area contributed by atoms with Gasteiger partial charge in [-0.25, -0.2) is 0 Å². The van der Waals surface area contributed by atoms with Crippen molar-refractivity contribution in [2.45, 2.75) is 64.3 Å². The van der Waals surface area contributed by atoms with Crippen LogP contribution in [0.2, 0.25) is 0 Å². The number of nitrogens with two attached hydrogens (primary N) is 1. The zero-order valence-electron chi connectivity index (χ0n) is 8.89. The van der Waals surface area contributed by atoms with E-state index in [0.717, 1.165) is 5.92 Å². The van der Waals surface area contributed by atoms with Crippen LogP contribution in [0.3, 0.4) is 0 Å². The van der Waals surface area contributed by atoms with E-state index in [1.165, 1.54) is 51.4 Å². The Morgan fingerprint density at radius 2 is 1.92 bits per heavy atom. The lowest BCUT2D eigenvalue weighted by atomic mass is 10.0. The predicted molar refractivity (Wildman–Crippen MR) is 57.2 cm³/mol. The highest BCUT2D eigenvalue weighted by molar-refractivity contribution is 4.84. The topological polar surface area (TPSA) is 38.0 Å². The second-order valence-electron chi connectivity index (χ2n) is 4.31. The van der Waals surface area contributed by atoms with Crippen LogP contribution in [-0.2, 0) is 0 Å². The lowest BCUT2D eigenvalue weighted by Gasteiger charge is -2.14. The monoisotopic (exact) mass is 184 g/mol. The predicted octanol–water partition coefficient (Wildman–Crippen LogP) is 2.59. The minimum absolute atomic E-state index is 0.613. The van der Waals surface area contributed by atoms with E-state index in [1.807, 2.05) is 0 Å². The molecule has 0 aromatic heterocycles. The Morgan fingerprint density at radius 3 is 2.46 bits per heavy atom. The van der Waals surface area contributed by atoms with E-state index in [0.29, 0.717) is 6.04 Å². The van der Waals surface area contributed by atoms with Crippen molar-refractivity contribution < 1.29 is 0 Å². The van der Waals surface area contributed by atoms with Crippen LogP contribution in [-0.4, -0.2) is 6.04 Å². The van der Waals surface area contributed by atoms with Gasteiger partial charge in [-0.05, 0) is 25.2 Å². The van der Waals surface area contributed by atoms with Crippen molar-refractivity contribution >= 4 is 0 Å². The fraction of sp³-hybridized carbons (Fsp3) is 1.00. The number of hydrogen-bond donors (Lipinski definition) is 2. The summed E-state index contributed by atoms with van der Waals surface area (Å²) in [5, 5.41) is 0. The molecule has 1 rings (SSSR count). The van der Waals surface area contributed by atoms with Crippen LogP contribution >= 0.6 is 0 Å². The molecule has 3 N–H and O–H groups in total. The second kappa shape index (κ2) is 6.39. The molecule has 0 saturated heterocycles. The average molecular weight is 184 g/mol. The summed E-state index contributed by atoms with van der Waals surface area (Å²) in [5.41, 5.74) is 2.95. The third kappa shape index (κ3) is 4.63. The summed E-state index contributed by atoms with van der Waals surface area (Å²) in [6, 6.07) is 0.613. The minimum Gasteiger partial charge on any atom is -0.271 e. The number of hydrazine groups is 1. The number of rotatable bonds is 8. The van der Waals surface area contributed by atoms with Crippen LogP contribution in [0.15, 0.2) is 0 Å². The summed E-state index contributed by atoms with van der Waals surface area (Å²) < 4.78 is 0. The molecule has 1 aliphatic carbocycles. The van der Waals surface area contributed by atoms with Crippen molar-refractivity contribution in [1.29, 1.82) is 0 Å². The normalized spacial score (nSPS) is 18.9. The van der Waals surface area contributed by atoms with Gasteiger partial charge in [0.05, 0.1) is 0 Å². The van der Waals surface area contributed by atoms with Crippen molar-refractivity contribution in [3.05, 3.63) is 0 Å². The first kappa shape index (κ1) is 11.0. The van der Waals surface area contributed by atoms with Gasteiger partial charge in [-0.2, -0.15) is 0 Å². The second-order valence-corrected chi connectivity index (χ2v) is 4.31. The summed E-state index contributed by atoms with van der Waals surface area (Å²) in [6.07, 6.45) is 10.9. The van der Waals surface area contributed by atoms with Gasteiger partial charge in [0.15, 0.2) is 0 Å². The molecular weight excluding hydrogens is 160 g/mol. The molecule has 2 nitrogen and oxygen atoms in total. The molecule has 1 aliphatic rings. The molecule has 0 aromatic carbocycles. The SMILES string of the molecule is CCCCCCCC(NN)C1CC1. The Balaban J connectivity index is 1.90. The van der Waals surface area contributed by atoms with Gasteiger partial charge in [-0.15, -0.1) is 0 Å². The first-order chi connectivity index (χ1) is 6.38.